The molecule has 0 bridgehead atoms. The van der Waals surface area contributed by atoms with E-state index in [1.54, 1.807) is 11.3 Å². The first-order chi connectivity index (χ1) is 13.6. The molecule has 1 saturated carbocycles. The monoisotopic (exact) mass is 395 g/mol. The molecule has 2 unspecified atom stereocenters. The molecule has 2 saturated heterocycles. The topological polar surface area (TPSA) is 87.9 Å². The van der Waals surface area contributed by atoms with Crippen LogP contribution in [0, 0.1) is 12.8 Å². The average Bonchev–Trinajstić information content (AvgIpc) is 3.22. The maximum absolute atomic E-state index is 11.3. The van der Waals surface area contributed by atoms with E-state index in [9.17, 15) is 4.79 Å². The predicted octanol–water partition coefficient (Wildman–Crippen LogP) is 3.17. The fourth-order valence-electron chi connectivity index (χ4n) is 5.08. The summed E-state index contributed by atoms with van der Waals surface area (Å²) in [5.41, 5.74) is 10.1. The van der Waals surface area contributed by atoms with E-state index < -0.39 is 5.91 Å². The minimum Gasteiger partial charge on any atom is -0.364 e. The summed E-state index contributed by atoms with van der Waals surface area (Å²) in [5.74, 6) is 0.624. The lowest BCUT2D eigenvalue weighted by molar-refractivity contribution is -0.0659. The summed E-state index contributed by atoms with van der Waals surface area (Å²) >= 11 is 1.60. The van der Waals surface area contributed by atoms with Crippen LogP contribution in [0.2, 0.25) is 0 Å². The second-order valence-corrected chi connectivity index (χ2v) is 9.05. The van der Waals surface area contributed by atoms with E-state index in [0.29, 0.717) is 12.1 Å². The Labute approximate surface area is 168 Å². The summed E-state index contributed by atoms with van der Waals surface area (Å²) in [6, 6.07) is 0. The fourth-order valence-corrected chi connectivity index (χ4v) is 5.87. The zero-order valence-electron chi connectivity index (χ0n) is 16.1. The third kappa shape index (κ3) is 2.76. The molecule has 6 nitrogen and oxygen atoms in total. The number of carbonyl (C=O) groups is 1. The van der Waals surface area contributed by atoms with Crippen LogP contribution in [0.3, 0.4) is 0 Å². The van der Waals surface area contributed by atoms with Crippen molar-refractivity contribution >= 4 is 28.9 Å². The maximum Gasteiger partial charge on any atom is 0.269 e. The SMILES string of the molecule is C1CN2CCC23CCC13.Cc1csc(C2=Cc3[nH]nc(C(N)=O)c3CC=C2)n1. The number of allylic oxidation sites excluding steroid dienone is 3. The number of hydrogen-bond donors (Lipinski definition) is 2. The number of thiazole rings is 1. The second kappa shape index (κ2) is 6.67. The number of primary amides is 1. The van der Waals surface area contributed by atoms with Crippen LogP contribution in [0.4, 0.5) is 0 Å². The first-order valence-electron chi connectivity index (χ1n) is 10.00. The van der Waals surface area contributed by atoms with Gasteiger partial charge < -0.3 is 5.73 Å². The number of aromatic amines is 1. The molecule has 2 aliphatic carbocycles. The zero-order valence-corrected chi connectivity index (χ0v) is 16.9. The Morgan fingerprint density at radius 3 is 2.82 bits per heavy atom. The number of aromatic nitrogens is 3. The normalized spacial score (nSPS) is 27.2. The highest BCUT2D eigenvalue weighted by Gasteiger charge is 2.59. The van der Waals surface area contributed by atoms with Gasteiger partial charge in [-0.05, 0) is 57.6 Å². The third-order valence-electron chi connectivity index (χ3n) is 6.80. The highest BCUT2D eigenvalue weighted by molar-refractivity contribution is 7.10. The number of nitrogens with two attached hydrogens (primary N) is 1. The summed E-state index contributed by atoms with van der Waals surface area (Å²) in [4.78, 5) is 18.5. The molecule has 4 aliphatic rings. The zero-order chi connectivity index (χ0) is 19.3. The van der Waals surface area contributed by atoms with E-state index >= 15 is 0 Å². The average molecular weight is 396 g/mol. The number of hydrogen-bond acceptors (Lipinski definition) is 5. The molecule has 2 atom stereocenters. The van der Waals surface area contributed by atoms with Gasteiger partial charge in [0.2, 0.25) is 0 Å². The number of aryl methyl sites for hydroxylation is 1. The minimum absolute atomic E-state index is 0.312. The molecule has 0 aromatic carbocycles. The lowest BCUT2D eigenvalue weighted by Crippen LogP contribution is -2.63. The fraction of sp³-hybridized carbons (Fsp3) is 0.476. The van der Waals surface area contributed by atoms with E-state index in [4.69, 9.17) is 5.73 Å². The van der Waals surface area contributed by atoms with Crippen molar-refractivity contribution in [2.75, 3.05) is 13.1 Å². The van der Waals surface area contributed by atoms with Crippen molar-refractivity contribution in [1.82, 2.24) is 20.1 Å². The molecule has 146 valence electrons. The van der Waals surface area contributed by atoms with E-state index in [1.165, 1.54) is 38.8 Å². The highest BCUT2D eigenvalue weighted by Crippen LogP contribution is 2.57. The lowest BCUT2D eigenvalue weighted by atomic mass is 9.62. The quantitative estimate of drug-likeness (QED) is 0.817. The van der Waals surface area contributed by atoms with Crippen LogP contribution in [0.15, 0.2) is 17.5 Å². The lowest BCUT2D eigenvalue weighted by Gasteiger charge is -2.58. The van der Waals surface area contributed by atoms with E-state index in [2.05, 4.69) is 20.1 Å². The van der Waals surface area contributed by atoms with Crippen LogP contribution in [-0.4, -0.2) is 44.6 Å². The predicted molar refractivity (Wildman–Crippen MR) is 111 cm³/mol. The van der Waals surface area contributed by atoms with Crippen molar-refractivity contribution in [3.05, 3.63) is 45.2 Å². The molecule has 0 radical (unpaired) electrons. The summed E-state index contributed by atoms with van der Waals surface area (Å²) in [7, 11) is 0. The molecule has 3 N–H and O–H groups in total. The van der Waals surface area contributed by atoms with Crippen LogP contribution in [-0.2, 0) is 6.42 Å². The van der Waals surface area contributed by atoms with Crippen LogP contribution >= 0.6 is 11.3 Å². The van der Waals surface area contributed by atoms with Gasteiger partial charge in [-0.15, -0.1) is 11.3 Å². The first kappa shape index (κ1) is 17.8. The highest BCUT2D eigenvalue weighted by atomic mass is 32.1. The van der Waals surface area contributed by atoms with Crippen molar-refractivity contribution < 1.29 is 4.79 Å². The number of nitrogens with one attached hydrogen (secondary N) is 1. The molecule has 2 aliphatic heterocycles. The number of nitrogens with zero attached hydrogens (tertiary/aromatic N) is 3. The Morgan fingerprint density at radius 1 is 1.36 bits per heavy atom. The van der Waals surface area contributed by atoms with Crippen LogP contribution < -0.4 is 5.73 Å². The summed E-state index contributed by atoms with van der Waals surface area (Å²) in [6.07, 6.45) is 12.7. The van der Waals surface area contributed by atoms with Crippen molar-refractivity contribution in [2.45, 2.75) is 44.6 Å². The molecular formula is C21H25N5OS. The molecule has 2 aromatic heterocycles. The van der Waals surface area contributed by atoms with Gasteiger partial charge in [0.1, 0.15) is 5.01 Å². The van der Waals surface area contributed by atoms with Crippen LogP contribution in [0.5, 0.6) is 0 Å². The molecule has 1 spiro atoms. The molecule has 6 rings (SSSR count). The second-order valence-electron chi connectivity index (χ2n) is 8.19. The summed E-state index contributed by atoms with van der Waals surface area (Å²) in [5, 5.41) is 9.81. The molecular weight excluding hydrogens is 370 g/mol. The van der Waals surface area contributed by atoms with E-state index in [-0.39, 0.29) is 0 Å². The van der Waals surface area contributed by atoms with Crippen molar-refractivity contribution in [2.24, 2.45) is 11.7 Å². The Morgan fingerprint density at radius 2 is 2.25 bits per heavy atom. The maximum atomic E-state index is 11.3. The van der Waals surface area contributed by atoms with Crippen molar-refractivity contribution in [3.8, 4) is 0 Å². The third-order valence-corrected chi connectivity index (χ3v) is 7.80. The Hall–Kier alpha value is -2.25. The minimum atomic E-state index is -0.507. The van der Waals surface area contributed by atoms with Crippen LogP contribution in [0.1, 0.15) is 58.1 Å². The molecule has 4 heterocycles. The van der Waals surface area contributed by atoms with Gasteiger partial charge in [0.15, 0.2) is 5.69 Å². The van der Waals surface area contributed by atoms with Gasteiger partial charge in [0.25, 0.3) is 5.91 Å². The standard InChI is InChI=1S/C13H12N4OS.C8H13N/c1-7-6-19-13(15-7)8-3-2-4-9-10(5-8)16-17-11(9)12(14)18;1-3-8-4-6-9(8)5-2-7(1)8/h2-3,5-6H,4H2,1H3,(H2,14,18)(H,16,17);7H,1-6H2. The van der Waals surface area contributed by atoms with Gasteiger partial charge in [-0.1, -0.05) is 12.2 Å². The number of carbonyl (C=O) groups excluding carboxylic acids is 1. The Balaban J connectivity index is 0.000000155. The van der Waals surface area contributed by atoms with Gasteiger partial charge >= 0.3 is 0 Å². The number of H-pyrrole nitrogens is 1. The molecule has 2 aromatic rings. The van der Waals surface area contributed by atoms with Crippen LogP contribution in [0.25, 0.3) is 11.6 Å². The molecule has 28 heavy (non-hydrogen) atoms. The number of fused-ring (bicyclic) bond motifs is 1. The van der Waals surface area contributed by atoms with Gasteiger partial charge in [-0.3, -0.25) is 14.8 Å². The number of rotatable bonds is 2. The van der Waals surface area contributed by atoms with Gasteiger partial charge in [0.05, 0.1) is 5.69 Å². The van der Waals surface area contributed by atoms with E-state index in [1.807, 2.05) is 30.5 Å². The molecule has 3 fully saturated rings. The van der Waals surface area contributed by atoms with Gasteiger partial charge in [0, 0.05) is 34.3 Å². The van der Waals surface area contributed by atoms with Gasteiger partial charge in [-0.2, -0.15) is 5.10 Å². The Bertz CT molecular complexity index is 967. The van der Waals surface area contributed by atoms with E-state index in [0.717, 1.165) is 39.0 Å². The number of amides is 1. The van der Waals surface area contributed by atoms with Crippen molar-refractivity contribution in [1.29, 1.82) is 0 Å². The Kier molecular flexibility index (Phi) is 4.25. The first-order valence-corrected chi connectivity index (χ1v) is 10.9. The van der Waals surface area contributed by atoms with Crippen molar-refractivity contribution in [3.63, 3.8) is 0 Å². The summed E-state index contributed by atoms with van der Waals surface area (Å²) < 4.78 is 0. The molecule has 1 amide bonds. The summed E-state index contributed by atoms with van der Waals surface area (Å²) in [6.45, 7) is 4.80. The largest absolute Gasteiger partial charge is 0.364 e. The molecule has 7 heteroatoms. The smallest absolute Gasteiger partial charge is 0.269 e. The van der Waals surface area contributed by atoms with Gasteiger partial charge in [-0.25, -0.2) is 4.98 Å².